The smallest absolute Gasteiger partial charge is 0.245 e. The number of hydrogen-bond acceptors (Lipinski definition) is 3. The van der Waals surface area contributed by atoms with Crippen LogP contribution in [0.15, 0.2) is 0 Å². The second-order valence-electron chi connectivity index (χ2n) is 6.77. The summed E-state index contributed by atoms with van der Waals surface area (Å²) in [5.41, 5.74) is 0. The standard InChI is InChI=1S/C16H27N3O2.ClH/c1-2-5-15(20)19-7-4-3-6-14(19)16(21)18-10-12-8-17-9-13(12)11-18;/h12-14,17H,2-11H2,1H3;1H/t12-,13+,14?;. The van der Waals surface area contributed by atoms with E-state index in [4.69, 9.17) is 0 Å². The average Bonchev–Trinajstić information content (AvgIpc) is 3.08. The van der Waals surface area contributed by atoms with Crippen LogP contribution in [0.3, 0.4) is 0 Å². The molecule has 22 heavy (non-hydrogen) atoms. The summed E-state index contributed by atoms with van der Waals surface area (Å²) in [6.45, 7) is 6.62. The van der Waals surface area contributed by atoms with Crippen LogP contribution in [0.5, 0.6) is 0 Å². The number of halogens is 1. The maximum absolute atomic E-state index is 12.9. The lowest BCUT2D eigenvalue weighted by Crippen LogP contribution is -2.52. The van der Waals surface area contributed by atoms with E-state index in [1.165, 1.54) is 0 Å². The number of fused-ring (bicyclic) bond motifs is 1. The monoisotopic (exact) mass is 329 g/mol. The normalized spacial score (nSPS) is 30.9. The molecule has 3 aliphatic heterocycles. The second-order valence-corrected chi connectivity index (χ2v) is 6.77. The number of nitrogens with one attached hydrogen (secondary N) is 1. The number of hydrogen-bond donors (Lipinski definition) is 1. The van der Waals surface area contributed by atoms with Crippen molar-refractivity contribution in [3.05, 3.63) is 0 Å². The third-order valence-corrected chi connectivity index (χ3v) is 5.27. The zero-order chi connectivity index (χ0) is 14.8. The summed E-state index contributed by atoms with van der Waals surface area (Å²) in [5.74, 6) is 1.61. The highest BCUT2D eigenvalue weighted by molar-refractivity contribution is 5.88. The van der Waals surface area contributed by atoms with Crippen molar-refractivity contribution in [2.45, 2.75) is 45.1 Å². The Hall–Kier alpha value is -0.810. The molecular weight excluding hydrogens is 302 g/mol. The number of rotatable bonds is 3. The van der Waals surface area contributed by atoms with Gasteiger partial charge in [-0.3, -0.25) is 9.59 Å². The Morgan fingerprint density at radius 2 is 1.82 bits per heavy atom. The van der Waals surface area contributed by atoms with Crippen molar-refractivity contribution < 1.29 is 9.59 Å². The van der Waals surface area contributed by atoms with Crippen molar-refractivity contribution in [2.75, 3.05) is 32.7 Å². The van der Waals surface area contributed by atoms with E-state index in [9.17, 15) is 9.59 Å². The number of amides is 2. The molecule has 1 unspecified atom stereocenters. The van der Waals surface area contributed by atoms with E-state index >= 15 is 0 Å². The highest BCUT2D eigenvalue weighted by atomic mass is 35.5. The first-order valence-corrected chi connectivity index (χ1v) is 8.49. The van der Waals surface area contributed by atoms with Crippen LogP contribution >= 0.6 is 12.4 Å². The number of piperidine rings is 1. The van der Waals surface area contributed by atoms with Crippen molar-refractivity contribution in [2.24, 2.45) is 11.8 Å². The van der Waals surface area contributed by atoms with Crippen molar-refractivity contribution in [1.82, 2.24) is 15.1 Å². The molecule has 1 N–H and O–H groups in total. The van der Waals surface area contributed by atoms with Gasteiger partial charge < -0.3 is 15.1 Å². The molecule has 3 atom stereocenters. The van der Waals surface area contributed by atoms with Crippen LogP contribution in [0.25, 0.3) is 0 Å². The van der Waals surface area contributed by atoms with Crippen molar-refractivity contribution >= 4 is 24.2 Å². The molecule has 0 radical (unpaired) electrons. The predicted octanol–water partition coefficient (Wildman–Crippen LogP) is 1.27. The van der Waals surface area contributed by atoms with Gasteiger partial charge >= 0.3 is 0 Å². The van der Waals surface area contributed by atoms with E-state index in [-0.39, 0.29) is 30.3 Å². The van der Waals surface area contributed by atoms with Crippen LogP contribution in [0, 0.1) is 11.8 Å². The van der Waals surface area contributed by atoms with E-state index in [0.717, 1.165) is 58.4 Å². The Balaban J connectivity index is 0.00000176. The first kappa shape index (κ1) is 17.5. The Bertz CT molecular complexity index is 406. The first-order valence-electron chi connectivity index (χ1n) is 8.49. The molecule has 5 nitrogen and oxygen atoms in total. The summed E-state index contributed by atoms with van der Waals surface area (Å²) < 4.78 is 0. The minimum Gasteiger partial charge on any atom is -0.340 e. The van der Waals surface area contributed by atoms with Gasteiger partial charge in [0, 0.05) is 39.1 Å². The van der Waals surface area contributed by atoms with E-state index in [1.807, 2.05) is 16.7 Å². The molecule has 2 amide bonds. The summed E-state index contributed by atoms with van der Waals surface area (Å²) in [5, 5.41) is 3.40. The maximum atomic E-state index is 12.9. The maximum Gasteiger partial charge on any atom is 0.245 e. The molecule has 0 spiro atoms. The van der Waals surface area contributed by atoms with E-state index in [2.05, 4.69) is 5.32 Å². The average molecular weight is 330 g/mol. The van der Waals surface area contributed by atoms with Crippen molar-refractivity contribution in [3.8, 4) is 0 Å². The van der Waals surface area contributed by atoms with E-state index < -0.39 is 0 Å². The molecule has 0 aromatic heterocycles. The lowest BCUT2D eigenvalue weighted by Gasteiger charge is -2.37. The number of likely N-dealkylation sites (tertiary alicyclic amines) is 2. The van der Waals surface area contributed by atoms with Gasteiger partial charge in [0.15, 0.2) is 0 Å². The molecule has 3 aliphatic rings. The molecule has 0 aromatic rings. The van der Waals surface area contributed by atoms with Crippen LogP contribution in [-0.4, -0.2) is 60.4 Å². The molecule has 3 saturated heterocycles. The molecule has 3 heterocycles. The third kappa shape index (κ3) is 3.40. The molecule has 0 saturated carbocycles. The van der Waals surface area contributed by atoms with Gasteiger partial charge in [0.1, 0.15) is 6.04 Å². The Kier molecular flexibility index (Phi) is 6.09. The summed E-state index contributed by atoms with van der Waals surface area (Å²) in [6, 6.07) is -0.190. The summed E-state index contributed by atoms with van der Waals surface area (Å²) in [4.78, 5) is 29.0. The van der Waals surface area contributed by atoms with E-state index in [0.29, 0.717) is 18.3 Å². The zero-order valence-corrected chi connectivity index (χ0v) is 14.2. The quantitative estimate of drug-likeness (QED) is 0.848. The van der Waals surface area contributed by atoms with Crippen LogP contribution in [-0.2, 0) is 9.59 Å². The predicted molar refractivity (Wildman–Crippen MR) is 87.9 cm³/mol. The second kappa shape index (κ2) is 7.64. The number of carbonyl (C=O) groups is 2. The minimum absolute atomic E-state index is 0. The van der Waals surface area contributed by atoms with Crippen LogP contribution in [0.2, 0.25) is 0 Å². The molecular formula is C16H28ClN3O2. The lowest BCUT2D eigenvalue weighted by atomic mass is 10.00. The molecule has 3 rings (SSSR count). The van der Waals surface area contributed by atoms with Gasteiger partial charge in [-0.15, -0.1) is 12.4 Å². The summed E-state index contributed by atoms with van der Waals surface area (Å²) >= 11 is 0. The van der Waals surface area contributed by atoms with Gasteiger partial charge in [0.25, 0.3) is 0 Å². The fraction of sp³-hybridized carbons (Fsp3) is 0.875. The molecule has 6 heteroatoms. The topological polar surface area (TPSA) is 52.7 Å². The Morgan fingerprint density at radius 3 is 2.45 bits per heavy atom. The SMILES string of the molecule is CCCC(=O)N1CCCCC1C(=O)N1C[C@H]2CNC[C@H]2C1.Cl. The van der Waals surface area contributed by atoms with Crippen LogP contribution in [0.1, 0.15) is 39.0 Å². The van der Waals surface area contributed by atoms with Gasteiger partial charge in [-0.25, -0.2) is 0 Å². The van der Waals surface area contributed by atoms with Crippen LogP contribution in [0.4, 0.5) is 0 Å². The lowest BCUT2D eigenvalue weighted by molar-refractivity contribution is -0.147. The molecule has 3 fully saturated rings. The summed E-state index contributed by atoms with van der Waals surface area (Å²) in [6.07, 6.45) is 4.37. The van der Waals surface area contributed by atoms with Gasteiger partial charge in [0.2, 0.25) is 11.8 Å². The zero-order valence-electron chi connectivity index (χ0n) is 13.4. The highest BCUT2D eigenvalue weighted by Gasteiger charge is 2.42. The van der Waals surface area contributed by atoms with Crippen LogP contribution < -0.4 is 5.32 Å². The molecule has 0 aromatic carbocycles. The minimum atomic E-state index is -0.190. The van der Waals surface area contributed by atoms with Crippen molar-refractivity contribution in [3.63, 3.8) is 0 Å². The highest BCUT2D eigenvalue weighted by Crippen LogP contribution is 2.29. The molecule has 126 valence electrons. The molecule has 0 aliphatic carbocycles. The van der Waals surface area contributed by atoms with Gasteiger partial charge in [0.05, 0.1) is 0 Å². The molecule has 0 bridgehead atoms. The van der Waals surface area contributed by atoms with Gasteiger partial charge in [-0.05, 0) is 37.5 Å². The van der Waals surface area contributed by atoms with E-state index in [1.54, 1.807) is 0 Å². The van der Waals surface area contributed by atoms with Gasteiger partial charge in [-0.2, -0.15) is 0 Å². The Morgan fingerprint density at radius 1 is 1.14 bits per heavy atom. The summed E-state index contributed by atoms with van der Waals surface area (Å²) in [7, 11) is 0. The van der Waals surface area contributed by atoms with Crippen molar-refractivity contribution in [1.29, 1.82) is 0 Å². The number of nitrogens with zero attached hydrogens (tertiary/aromatic N) is 2. The fourth-order valence-electron chi connectivity index (χ4n) is 4.09. The van der Waals surface area contributed by atoms with Gasteiger partial charge in [-0.1, -0.05) is 6.92 Å². The largest absolute Gasteiger partial charge is 0.340 e. The Labute approximate surface area is 139 Å². The third-order valence-electron chi connectivity index (χ3n) is 5.27. The first-order chi connectivity index (χ1) is 10.2. The number of carbonyl (C=O) groups excluding carboxylic acids is 2. The fourth-order valence-corrected chi connectivity index (χ4v) is 4.09.